The summed E-state index contributed by atoms with van der Waals surface area (Å²) in [6.45, 7) is 0.738. The van der Waals surface area contributed by atoms with Crippen LogP contribution in [0.2, 0.25) is 0 Å². The number of hydrogen-bond acceptors (Lipinski definition) is 3. The summed E-state index contributed by atoms with van der Waals surface area (Å²) in [5.74, 6) is -0.896. The van der Waals surface area contributed by atoms with Crippen molar-refractivity contribution in [3.63, 3.8) is 0 Å². The molecule has 0 bridgehead atoms. The van der Waals surface area contributed by atoms with Gasteiger partial charge in [-0.25, -0.2) is 9.59 Å². The summed E-state index contributed by atoms with van der Waals surface area (Å²) in [5, 5.41) is 20.7. The fraction of sp³-hybridized carbons (Fsp3) is 0.867. The Morgan fingerprint density at radius 1 is 1.19 bits per heavy atom. The van der Waals surface area contributed by atoms with Gasteiger partial charge in [-0.15, -0.1) is 0 Å². The lowest BCUT2D eigenvalue weighted by molar-refractivity contribution is -0.141. The number of carbonyl (C=O) groups is 2. The van der Waals surface area contributed by atoms with Gasteiger partial charge < -0.3 is 20.4 Å². The van der Waals surface area contributed by atoms with Crippen molar-refractivity contribution in [1.29, 1.82) is 0 Å². The number of aliphatic hydroxyl groups excluding tert-OH is 1. The van der Waals surface area contributed by atoms with Gasteiger partial charge in [-0.05, 0) is 38.0 Å². The van der Waals surface area contributed by atoms with Gasteiger partial charge in [-0.2, -0.15) is 0 Å². The van der Waals surface area contributed by atoms with Gasteiger partial charge in [0.1, 0.15) is 6.04 Å². The minimum Gasteiger partial charge on any atom is -0.480 e. The number of urea groups is 1. The van der Waals surface area contributed by atoms with Crippen LogP contribution >= 0.6 is 0 Å². The van der Waals surface area contributed by atoms with Crippen LogP contribution in [0.4, 0.5) is 4.79 Å². The van der Waals surface area contributed by atoms with Crippen LogP contribution in [0, 0.1) is 5.92 Å². The highest BCUT2D eigenvalue weighted by Gasteiger charge is 2.31. The highest BCUT2D eigenvalue weighted by molar-refractivity contribution is 5.82. The molecule has 0 spiro atoms. The van der Waals surface area contributed by atoms with Crippen molar-refractivity contribution in [1.82, 2.24) is 10.2 Å². The summed E-state index contributed by atoms with van der Waals surface area (Å²) in [6.07, 6.45) is 7.39. The Morgan fingerprint density at radius 3 is 2.43 bits per heavy atom. The molecule has 1 rings (SSSR count). The van der Waals surface area contributed by atoms with Crippen LogP contribution in [-0.4, -0.2) is 53.4 Å². The first-order chi connectivity index (χ1) is 10.1. The maximum absolute atomic E-state index is 12.1. The Kier molecular flexibility index (Phi) is 8.12. The summed E-state index contributed by atoms with van der Waals surface area (Å²) in [6, 6.07) is -1.10. The molecule has 1 fully saturated rings. The number of carboxylic acid groups (broad SMARTS) is 1. The minimum atomic E-state index is -0.941. The first-order valence-electron chi connectivity index (χ1n) is 7.91. The first kappa shape index (κ1) is 17.8. The summed E-state index contributed by atoms with van der Waals surface area (Å²) >= 11 is 0. The van der Waals surface area contributed by atoms with Crippen molar-refractivity contribution < 1.29 is 19.8 Å². The van der Waals surface area contributed by atoms with E-state index >= 15 is 0 Å². The highest BCUT2D eigenvalue weighted by Crippen LogP contribution is 2.26. The van der Waals surface area contributed by atoms with E-state index in [4.69, 9.17) is 5.11 Å². The lowest BCUT2D eigenvalue weighted by Crippen LogP contribution is -2.50. The second-order valence-electron chi connectivity index (χ2n) is 5.87. The number of hydrogen-bond donors (Lipinski definition) is 3. The average Bonchev–Trinajstić information content (AvgIpc) is 2.49. The third-order valence-electron chi connectivity index (χ3n) is 4.16. The predicted molar refractivity (Wildman–Crippen MR) is 80.1 cm³/mol. The van der Waals surface area contributed by atoms with Gasteiger partial charge in [0.2, 0.25) is 0 Å². The van der Waals surface area contributed by atoms with Gasteiger partial charge in [0.05, 0.1) is 0 Å². The molecular formula is C15H28N2O4. The molecule has 21 heavy (non-hydrogen) atoms. The zero-order valence-electron chi connectivity index (χ0n) is 12.9. The van der Waals surface area contributed by atoms with E-state index in [0.717, 1.165) is 51.4 Å². The van der Waals surface area contributed by atoms with Crippen LogP contribution < -0.4 is 5.32 Å². The average molecular weight is 300 g/mol. The van der Waals surface area contributed by atoms with Crippen molar-refractivity contribution in [2.24, 2.45) is 5.92 Å². The van der Waals surface area contributed by atoms with Crippen molar-refractivity contribution >= 4 is 12.0 Å². The molecule has 6 heteroatoms. The van der Waals surface area contributed by atoms with E-state index < -0.39 is 12.0 Å². The van der Waals surface area contributed by atoms with Crippen molar-refractivity contribution in [2.45, 2.75) is 57.4 Å². The van der Waals surface area contributed by atoms with E-state index in [9.17, 15) is 14.7 Å². The third kappa shape index (κ3) is 6.33. The van der Waals surface area contributed by atoms with E-state index in [-0.39, 0.29) is 18.6 Å². The molecule has 3 N–H and O–H groups in total. The van der Waals surface area contributed by atoms with Gasteiger partial charge in [0.25, 0.3) is 0 Å². The van der Waals surface area contributed by atoms with Crippen LogP contribution in [0.1, 0.15) is 51.4 Å². The summed E-state index contributed by atoms with van der Waals surface area (Å²) in [4.78, 5) is 25.0. The van der Waals surface area contributed by atoms with Gasteiger partial charge >= 0.3 is 12.0 Å². The van der Waals surface area contributed by atoms with E-state index in [1.54, 1.807) is 7.05 Å². The summed E-state index contributed by atoms with van der Waals surface area (Å²) in [7, 11) is 1.67. The Morgan fingerprint density at radius 2 is 1.86 bits per heavy atom. The number of carboxylic acids is 1. The molecule has 0 radical (unpaired) electrons. The molecular weight excluding hydrogens is 272 g/mol. The topological polar surface area (TPSA) is 89.9 Å². The maximum atomic E-state index is 12.1. The van der Waals surface area contributed by atoms with E-state index in [1.165, 1.54) is 4.90 Å². The SMILES string of the molecule is CN(CCCCCO)C(=O)NC(C(=O)O)C1CCCCC1. The normalized spacial score (nSPS) is 17.2. The second-order valence-corrected chi connectivity index (χ2v) is 5.87. The zero-order chi connectivity index (χ0) is 15.7. The van der Waals surface area contributed by atoms with Gasteiger partial charge in [-0.3, -0.25) is 0 Å². The Balaban J connectivity index is 2.42. The fourth-order valence-corrected chi connectivity index (χ4v) is 2.83. The van der Waals surface area contributed by atoms with E-state index in [2.05, 4.69) is 5.32 Å². The molecule has 0 aromatic carbocycles. The number of nitrogens with zero attached hydrogens (tertiary/aromatic N) is 1. The standard InChI is InChI=1S/C15H28N2O4/c1-17(10-6-3-7-11-18)15(21)16-13(14(19)20)12-8-4-2-5-9-12/h12-13,18H,2-11H2,1H3,(H,16,21)(H,19,20). The number of aliphatic carboxylic acids is 1. The zero-order valence-corrected chi connectivity index (χ0v) is 12.9. The Bertz CT molecular complexity index is 330. The number of aliphatic hydroxyl groups is 1. The number of carbonyl (C=O) groups excluding carboxylic acids is 1. The molecule has 1 saturated carbocycles. The molecule has 0 aromatic rings. The first-order valence-corrected chi connectivity index (χ1v) is 7.91. The largest absolute Gasteiger partial charge is 0.480 e. The molecule has 122 valence electrons. The summed E-state index contributed by atoms with van der Waals surface area (Å²) < 4.78 is 0. The number of amides is 2. The third-order valence-corrected chi connectivity index (χ3v) is 4.16. The summed E-state index contributed by atoms with van der Waals surface area (Å²) in [5.41, 5.74) is 0. The number of nitrogens with one attached hydrogen (secondary N) is 1. The molecule has 1 aliphatic rings. The molecule has 0 heterocycles. The van der Waals surface area contributed by atoms with Crippen molar-refractivity contribution in [3.8, 4) is 0 Å². The fourth-order valence-electron chi connectivity index (χ4n) is 2.83. The second kappa shape index (κ2) is 9.60. The molecule has 0 aliphatic heterocycles. The minimum absolute atomic E-state index is 0.0444. The van der Waals surface area contributed by atoms with Gasteiger partial charge in [0, 0.05) is 20.2 Å². The smallest absolute Gasteiger partial charge is 0.326 e. The lowest BCUT2D eigenvalue weighted by Gasteiger charge is -2.29. The monoisotopic (exact) mass is 300 g/mol. The Labute approximate surface area is 126 Å². The van der Waals surface area contributed by atoms with Crippen LogP contribution in [-0.2, 0) is 4.79 Å². The van der Waals surface area contributed by atoms with Gasteiger partial charge in [-0.1, -0.05) is 19.3 Å². The van der Waals surface area contributed by atoms with Crippen molar-refractivity contribution in [2.75, 3.05) is 20.2 Å². The van der Waals surface area contributed by atoms with Crippen LogP contribution in [0.3, 0.4) is 0 Å². The number of rotatable bonds is 8. The quantitative estimate of drug-likeness (QED) is 0.596. The molecule has 0 aromatic heterocycles. The highest BCUT2D eigenvalue weighted by atomic mass is 16.4. The molecule has 1 aliphatic carbocycles. The van der Waals surface area contributed by atoms with Crippen LogP contribution in [0.15, 0.2) is 0 Å². The van der Waals surface area contributed by atoms with E-state index in [0.29, 0.717) is 6.54 Å². The molecule has 6 nitrogen and oxygen atoms in total. The predicted octanol–water partition coefficient (Wildman–Crippen LogP) is 1.82. The molecule has 1 atom stereocenters. The van der Waals surface area contributed by atoms with Crippen molar-refractivity contribution in [3.05, 3.63) is 0 Å². The molecule has 2 amide bonds. The van der Waals surface area contributed by atoms with E-state index in [1.807, 2.05) is 0 Å². The Hall–Kier alpha value is -1.30. The molecule has 1 unspecified atom stereocenters. The molecule has 0 saturated heterocycles. The lowest BCUT2D eigenvalue weighted by atomic mass is 9.84. The van der Waals surface area contributed by atoms with Crippen LogP contribution in [0.5, 0.6) is 0 Å². The maximum Gasteiger partial charge on any atom is 0.326 e. The van der Waals surface area contributed by atoms with Gasteiger partial charge in [0.15, 0.2) is 0 Å². The number of unbranched alkanes of at least 4 members (excludes halogenated alkanes) is 2. The van der Waals surface area contributed by atoms with Crippen LogP contribution in [0.25, 0.3) is 0 Å².